The molecule has 5 rings (SSSR count). The van der Waals surface area contributed by atoms with Crippen LogP contribution in [-0.4, -0.2) is 21.2 Å². The highest BCUT2D eigenvalue weighted by Crippen LogP contribution is 2.64. The predicted molar refractivity (Wildman–Crippen MR) is 123 cm³/mol. The van der Waals surface area contributed by atoms with Gasteiger partial charge in [0.1, 0.15) is 0 Å². The van der Waals surface area contributed by atoms with Gasteiger partial charge in [-0.25, -0.2) is 0 Å². The van der Waals surface area contributed by atoms with E-state index in [0.29, 0.717) is 17.3 Å². The first-order chi connectivity index (χ1) is 14.5. The Morgan fingerprint density at radius 1 is 1.10 bits per heavy atom. The Bertz CT molecular complexity index is 817. The van der Waals surface area contributed by atoms with E-state index in [1.54, 1.807) is 5.57 Å². The van der Waals surface area contributed by atoms with Crippen molar-refractivity contribution in [1.82, 2.24) is 0 Å². The minimum absolute atomic E-state index is 0.0971. The fraction of sp³-hybridized carbons (Fsp3) is 0.704. The van der Waals surface area contributed by atoms with Crippen molar-refractivity contribution in [2.75, 3.05) is 5.75 Å². The smallest absolute Gasteiger partial charge is 0.0577 e. The zero-order valence-electron chi connectivity index (χ0n) is 18.6. The lowest BCUT2D eigenvalue weighted by Gasteiger charge is -2.54. The first kappa shape index (κ1) is 20.9. The second kappa shape index (κ2) is 8.20. The highest BCUT2D eigenvalue weighted by molar-refractivity contribution is 7.85. The van der Waals surface area contributed by atoms with Crippen LogP contribution in [-0.2, 0) is 10.8 Å². The van der Waals surface area contributed by atoms with Crippen LogP contribution in [0.1, 0.15) is 65.2 Å². The molecule has 0 amide bonds. The van der Waals surface area contributed by atoms with E-state index in [2.05, 4.69) is 19.9 Å². The molecule has 0 radical (unpaired) electrons. The van der Waals surface area contributed by atoms with E-state index < -0.39 is 10.8 Å². The normalized spacial score (nSPS) is 42.4. The minimum atomic E-state index is -0.890. The van der Waals surface area contributed by atoms with Gasteiger partial charge < -0.3 is 5.11 Å². The summed E-state index contributed by atoms with van der Waals surface area (Å²) in [6, 6.07) is 10.0. The van der Waals surface area contributed by atoms with Crippen molar-refractivity contribution in [3.8, 4) is 0 Å². The Balaban J connectivity index is 1.31. The average Bonchev–Trinajstić information content (AvgIpc) is 3.11. The third-order valence-electron chi connectivity index (χ3n) is 9.60. The molecule has 0 bridgehead atoms. The van der Waals surface area contributed by atoms with Crippen molar-refractivity contribution in [2.24, 2.45) is 40.9 Å². The third-order valence-corrected chi connectivity index (χ3v) is 11.2. The largest absolute Gasteiger partial charge is 0.393 e. The van der Waals surface area contributed by atoms with Gasteiger partial charge in [-0.15, -0.1) is 0 Å². The Kier molecular flexibility index (Phi) is 5.73. The standard InChI is InChI=1S/C27H38O2S/c1-18(17-30(29)21-6-4-3-5-7-21)25-12-13-26-24-10-8-19-16-20(28)9-11-22(19)23(24)14-15-27(25,26)2/h3-8,18,20,22-26,28H,9-17H2,1-2H3/t18-,20?,22?,23?,24?,25?,26?,27?,30?/m1/s1. The SMILES string of the molecule is C[C@H](CS(=O)c1ccccc1)C1CCC2C3CC=C4CC(O)CCC4C3CCC21C. The van der Waals surface area contributed by atoms with Crippen LogP contribution in [0, 0.1) is 40.9 Å². The van der Waals surface area contributed by atoms with Crippen LogP contribution in [0.5, 0.6) is 0 Å². The molecule has 0 saturated heterocycles. The molecule has 164 valence electrons. The van der Waals surface area contributed by atoms with Crippen molar-refractivity contribution < 1.29 is 9.32 Å². The van der Waals surface area contributed by atoms with E-state index in [1.807, 2.05) is 30.3 Å². The summed E-state index contributed by atoms with van der Waals surface area (Å²) in [6.07, 6.45) is 12.2. The fourth-order valence-corrected chi connectivity index (χ4v) is 9.61. The quantitative estimate of drug-likeness (QED) is 0.601. The number of rotatable bonds is 4. The molecular formula is C27H38O2S. The molecule has 30 heavy (non-hydrogen) atoms. The molecule has 8 unspecified atom stereocenters. The van der Waals surface area contributed by atoms with Crippen molar-refractivity contribution >= 4 is 10.8 Å². The number of fused-ring (bicyclic) bond motifs is 5. The van der Waals surface area contributed by atoms with Crippen molar-refractivity contribution in [2.45, 2.75) is 76.2 Å². The van der Waals surface area contributed by atoms with Crippen LogP contribution in [0.25, 0.3) is 0 Å². The lowest BCUT2D eigenvalue weighted by atomic mass is 9.51. The number of hydrogen-bond donors (Lipinski definition) is 1. The Hall–Kier alpha value is -0.930. The Morgan fingerprint density at radius 2 is 1.90 bits per heavy atom. The van der Waals surface area contributed by atoms with Crippen LogP contribution in [0.3, 0.4) is 0 Å². The van der Waals surface area contributed by atoms with E-state index in [0.717, 1.165) is 47.2 Å². The molecule has 4 aliphatic carbocycles. The van der Waals surface area contributed by atoms with Gasteiger partial charge >= 0.3 is 0 Å². The van der Waals surface area contributed by atoms with E-state index >= 15 is 0 Å². The first-order valence-electron chi connectivity index (χ1n) is 12.3. The Labute approximate surface area is 185 Å². The van der Waals surface area contributed by atoms with Crippen molar-refractivity contribution in [3.63, 3.8) is 0 Å². The molecule has 1 aromatic carbocycles. The van der Waals surface area contributed by atoms with Gasteiger partial charge in [0.2, 0.25) is 0 Å². The maximum absolute atomic E-state index is 13.0. The third kappa shape index (κ3) is 3.54. The molecule has 3 fully saturated rings. The molecule has 0 aromatic heterocycles. The zero-order chi connectivity index (χ0) is 20.9. The summed E-state index contributed by atoms with van der Waals surface area (Å²) in [5, 5.41) is 10.1. The molecule has 9 atom stereocenters. The molecule has 0 spiro atoms. The van der Waals surface area contributed by atoms with Crippen LogP contribution in [0.15, 0.2) is 46.9 Å². The second-order valence-electron chi connectivity index (χ2n) is 11.0. The van der Waals surface area contributed by atoms with E-state index in [1.165, 1.54) is 38.5 Å². The summed E-state index contributed by atoms with van der Waals surface area (Å²) in [5.74, 6) is 5.28. The van der Waals surface area contributed by atoms with Crippen LogP contribution >= 0.6 is 0 Å². The van der Waals surface area contributed by atoms with Crippen LogP contribution < -0.4 is 0 Å². The number of aliphatic hydroxyl groups is 1. The van der Waals surface area contributed by atoms with Gasteiger partial charge in [-0.1, -0.05) is 43.7 Å². The molecule has 3 saturated carbocycles. The number of aliphatic hydroxyl groups excluding tert-OH is 1. The van der Waals surface area contributed by atoms with Crippen molar-refractivity contribution in [1.29, 1.82) is 0 Å². The van der Waals surface area contributed by atoms with Crippen LogP contribution in [0.2, 0.25) is 0 Å². The van der Waals surface area contributed by atoms with Gasteiger partial charge in [-0.05, 0) is 104 Å². The topological polar surface area (TPSA) is 37.3 Å². The van der Waals surface area contributed by atoms with E-state index in [4.69, 9.17) is 0 Å². The molecule has 1 N–H and O–H groups in total. The molecule has 2 nitrogen and oxygen atoms in total. The summed E-state index contributed by atoms with van der Waals surface area (Å²) in [6.45, 7) is 4.95. The van der Waals surface area contributed by atoms with Gasteiger partial charge in [0, 0.05) is 10.6 Å². The zero-order valence-corrected chi connectivity index (χ0v) is 19.4. The van der Waals surface area contributed by atoms with E-state index in [-0.39, 0.29) is 6.10 Å². The van der Waals surface area contributed by atoms with Gasteiger partial charge in [-0.3, -0.25) is 4.21 Å². The first-order valence-corrected chi connectivity index (χ1v) is 13.6. The number of hydrogen-bond acceptors (Lipinski definition) is 2. The minimum Gasteiger partial charge on any atom is -0.393 e. The summed E-state index contributed by atoms with van der Waals surface area (Å²) in [5.41, 5.74) is 2.00. The lowest BCUT2D eigenvalue weighted by Crippen LogP contribution is -2.47. The lowest BCUT2D eigenvalue weighted by molar-refractivity contribution is -0.0265. The van der Waals surface area contributed by atoms with E-state index in [9.17, 15) is 9.32 Å². The highest BCUT2D eigenvalue weighted by Gasteiger charge is 2.56. The number of benzene rings is 1. The maximum Gasteiger partial charge on any atom is 0.0577 e. The monoisotopic (exact) mass is 426 g/mol. The molecule has 0 heterocycles. The fourth-order valence-electron chi connectivity index (χ4n) is 8.25. The average molecular weight is 427 g/mol. The summed E-state index contributed by atoms with van der Waals surface area (Å²) < 4.78 is 13.0. The summed E-state index contributed by atoms with van der Waals surface area (Å²) >= 11 is 0. The van der Waals surface area contributed by atoms with Gasteiger partial charge in [0.15, 0.2) is 0 Å². The maximum atomic E-state index is 13.0. The molecule has 0 aliphatic heterocycles. The molecule has 3 heteroatoms. The predicted octanol–water partition coefficient (Wildman–Crippen LogP) is 5.98. The highest BCUT2D eigenvalue weighted by atomic mass is 32.2. The summed E-state index contributed by atoms with van der Waals surface area (Å²) in [4.78, 5) is 0.984. The second-order valence-corrected chi connectivity index (χ2v) is 12.5. The van der Waals surface area contributed by atoms with Crippen LogP contribution in [0.4, 0.5) is 0 Å². The summed E-state index contributed by atoms with van der Waals surface area (Å²) in [7, 11) is -0.890. The van der Waals surface area contributed by atoms with Crippen molar-refractivity contribution in [3.05, 3.63) is 42.0 Å². The number of allylic oxidation sites excluding steroid dienone is 1. The van der Waals surface area contributed by atoms with Gasteiger partial charge in [-0.2, -0.15) is 0 Å². The molecule has 4 aliphatic rings. The Morgan fingerprint density at radius 3 is 2.70 bits per heavy atom. The molecule has 1 aromatic rings. The van der Waals surface area contributed by atoms with Gasteiger partial charge in [0.05, 0.1) is 16.9 Å². The molecular weight excluding hydrogens is 388 g/mol. The van der Waals surface area contributed by atoms with Gasteiger partial charge in [0.25, 0.3) is 0 Å².